The number of halogens is 1. The summed E-state index contributed by atoms with van der Waals surface area (Å²) in [5.41, 5.74) is 1.13. The van der Waals surface area contributed by atoms with E-state index in [1.165, 1.54) is 12.8 Å². The van der Waals surface area contributed by atoms with Crippen molar-refractivity contribution in [2.75, 3.05) is 20.7 Å². The Morgan fingerprint density at radius 3 is 2.85 bits per heavy atom. The van der Waals surface area contributed by atoms with Gasteiger partial charge in [-0.2, -0.15) is 0 Å². The van der Waals surface area contributed by atoms with E-state index in [1.54, 1.807) is 19.0 Å². The normalized spacial score (nSPS) is 14.2. The van der Waals surface area contributed by atoms with Crippen LogP contribution in [0.2, 0.25) is 0 Å². The molecule has 4 nitrogen and oxygen atoms in total. The highest BCUT2D eigenvalue weighted by Gasteiger charge is 2.20. The number of hydrogen-bond acceptors (Lipinski definition) is 3. The van der Waals surface area contributed by atoms with Gasteiger partial charge in [-0.3, -0.25) is 4.79 Å². The zero-order chi connectivity index (χ0) is 14.5. The van der Waals surface area contributed by atoms with E-state index in [0.29, 0.717) is 19.1 Å². The second-order valence-electron chi connectivity index (χ2n) is 5.29. The van der Waals surface area contributed by atoms with Gasteiger partial charge in [0, 0.05) is 36.7 Å². The molecule has 1 aliphatic carbocycles. The monoisotopic (exact) mass is 340 g/mol. The lowest BCUT2D eigenvalue weighted by molar-refractivity contribution is -0.129. The van der Waals surface area contributed by atoms with Gasteiger partial charge in [-0.25, -0.2) is 0 Å². The highest BCUT2D eigenvalue weighted by molar-refractivity contribution is 9.10. The Bertz CT molecular complexity index is 473. The van der Waals surface area contributed by atoms with Crippen LogP contribution < -0.4 is 10.1 Å². The molecule has 1 amide bonds. The van der Waals surface area contributed by atoms with Crippen molar-refractivity contribution in [2.45, 2.75) is 31.8 Å². The van der Waals surface area contributed by atoms with E-state index >= 15 is 0 Å². The third kappa shape index (κ3) is 4.80. The summed E-state index contributed by atoms with van der Waals surface area (Å²) < 4.78 is 6.80. The summed E-state index contributed by atoms with van der Waals surface area (Å²) >= 11 is 3.49. The van der Waals surface area contributed by atoms with Gasteiger partial charge in [0.15, 0.2) is 0 Å². The van der Waals surface area contributed by atoms with E-state index in [1.807, 2.05) is 12.1 Å². The third-order valence-electron chi connectivity index (χ3n) is 3.25. The van der Waals surface area contributed by atoms with Crippen LogP contribution in [-0.2, 0) is 11.3 Å². The molecule has 0 atom stereocenters. The number of nitrogens with one attached hydrogen (secondary N) is 1. The summed E-state index contributed by atoms with van der Waals surface area (Å²) in [6, 6.07) is 6.65. The summed E-state index contributed by atoms with van der Waals surface area (Å²) in [7, 11) is 3.51. The smallest absolute Gasteiger partial charge is 0.225 e. The van der Waals surface area contributed by atoms with Crippen LogP contribution in [0.3, 0.4) is 0 Å². The molecule has 1 aliphatic rings. The molecule has 2 rings (SSSR count). The third-order valence-corrected chi connectivity index (χ3v) is 3.75. The van der Waals surface area contributed by atoms with E-state index in [4.69, 9.17) is 4.74 Å². The molecule has 0 heterocycles. The minimum Gasteiger partial charge on any atom is -0.493 e. The summed E-state index contributed by atoms with van der Waals surface area (Å²) in [5, 5.41) is 3.48. The van der Waals surface area contributed by atoms with Crippen molar-refractivity contribution in [3.63, 3.8) is 0 Å². The number of ether oxygens (including phenoxy) is 1. The van der Waals surface area contributed by atoms with E-state index < -0.39 is 0 Å². The standard InChI is InChI=1S/C15H21BrN2O2/c1-18(2)15(19)7-8-20-14-6-3-12(16)9-11(14)10-17-13-4-5-13/h3,6,9,13,17H,4-5,7-8,10H2,1-2H3. The maximum atomic E-state index is 11.5. The maximum absolute atomic E-state index is 11.5. The highest BCUT2D eigenvalue weighted by Crippen LogP contribution is 2.25. The second kappa shape index (κ2) is 7.09. The molecule has 1 aromatic rings. The number of nitrogens with zero attached hydrogens (tertiary/aromatic N) is 1. The van der Waals surface area contributed by atoms with Crippen molar-refractivity contribution in [3.8, 4) is 5.75 Å². The molecule has 1 saturated carbocycles. The lowest BCUT2D eigenvalue weighted by atomic mass is 10.2. The van der Waals surface area contributed by atoms with Crippen molar-refractivity contribution in [3.05, 3.63) is 28.2 Å². The number of carbonyl (C=O) groups excluding carboxylic acids is 1. The van der Waals surface area contributed by atoms with E-state index in [-0.39, 0.29) is 5.91 Å². The number of hydrogen-bond donors (Lipinski definition) is 1. The van der Waals surface area contributed by atoms with Crippen molar-refractivity contribution < 1.29 is 9.53 Å². The predicted octanol–water partition coefficient (Wildman–Crippen LogP) is 2.56. The van der Waals surface area contributed by atoms with Crippen LogP contribution in [-0.4, -0.2) is 37.6 Å². The van der Waals surface area contributed by atoms with Crippen molar-refractivity contribution in [1.82, 2.24) is 10.2 Å². The molecule has 0 spiro atoms. The first-order chi connectivity index (χ1) is 9.56. The molecule has 0 unspecified atom stereocenters. The Labute approximate surface area is 128 Å². The number of benzene rings is 1. The van der Waals surface area contributed by atoms with Crippen molar-refractivity contribution >= 4 is 21.8 Å². The molecule has 1 N–H and O–H groups in total. The van der Waals surface area contributed by atoms with Crippen LogP contribution in [0.25, 0.3) is 0 Å². The zero-order valence-corrected chi connectivity index (χ0v) is 13.6. The number of carbonyl (C=O) groups is 1. The Morgan fingerprint density at radius 1 is 1.45 bits per heavy atom. The van der Waals surface area contributed by atoms with Crippen molar-refractivity contribution in [1.29, 1.82) is 0 Å². The van der Waals surface area contributed by atoms with Crippen LogP contribution in [0.5, 0.6) is 5.75 Å². The maximum Gasteiger partial charge on any atom is 0.225 e. The van der Waals surface area contributed by atoms with E-state index in [9.17, 15) is 4.79 Å². The first kappa shape index (κ1) is 15.3. The SMILES string of the molecule is CN(C)C(=O)CCOc1ccc(Br)cc1CNC1CC1. The Morgan fingerprint density at radius 2 is 2.20 bits per heavy atom. The minimum atomic E-state index is 0.0831. The van der Waals surface area contributed by atoms with Gasteiger partial charge in [0.05, 0.1) is 13.0 Å². The number of amides is 1. The quantitative estimate of drug-likeness (QED) is 0.829. The van der Waals surface area contributed by atoms with Crippen LogP contribution in [0.15, 0.2) is 22.7 Å². The van der Waals surface area contributed by atoms with Gasteiger partial charge in [-0.15, -0.1) is 0 Å². The van der Waals surface area contributed by atoms with E-state index in [2.05, 4.69) is 27.3 Å². The fourth-order valence-corrected chi connectivity index (χ4v) is 2.25. The van der Waals surface area contributed by atoms with Gasteiger partial charge in [-0.05, 0) is 31.0 Å². The molecule has 0 bridgehead atoms. The lowest BCUT2D eigenvalue weighted by Gasteiger charge is -2.14. The fourth-order valence-electron chi connectivity index (χ4n) is 1.84. The Balaban J connectivity index is 1.89. The van der Waals surface area contributed by atoms with E-state index in [0.717, 1.165) is 22.3 Å². The summed E-state index contributed by atoms with van der Waals surface area (Å²) in [4.78, 5) is 13.1. The summed E-state index contributed by atoms with van der Waals surface area (Å²) in [5.74, 6) is 0.938. The van der Waals surface area contributed by atoms with Gasteiger partial charge in [0.1, 0.15) is 5.75 Å². The predicted molar refractivity (Wildman–Crippen MR) is 82.8 cm³/mol. The molecule has 0 saturated heterocycles. The fraction of sp³-hybridized carbons (Fsp3) is 0.533. The highest BCUT2D eigenvalue weighted by atomic mass is 79.9. The summed E-state index contributed by atoms with van der Waals surface area (Å²) in [6.45, 7) is 1.22. The number of rotatable bonds is 7. The molecule has 0 aliphatic heterocycles. The Kier molecular flexibility index (Phi) is 5.43. The molecule has 0 aromatic heterocycles. The van der Waals surface area contributed by atoms with Crippen molar-refractivity contribution in [2.24, 2.45) is 0 Å². The first-order valence-corrected chi connectivity index (χ1v) is 7.70. The topological polar surface area (TPSA) is 41.6 Å². The molecule has 5 heteroatoms. The van der Waals surface area contributed by atoms with Crippen LogP contribution >= 0.6 is 15.9 Å². The average molecular weight is 341 g/mol. The van der Waals surface area contributed by atoms with Crippen LogP contribution in [0, 0.1) is 0 Å². The molecule has 1 aromatic carbocycles. The Hall–Kier alpha value is -1.07. The average Bonchev–Trinajstić information content (AvgIpc) is 3.22. The molecule has 0 radical (unpaired) electrons. The van der Waals surface area contributed by atoms with Gasteiger partial charge in [0.2, 0.25) is 5.91 Å². The molecular weight excluding hydrogens is 320 g/mol. The van der Waals surface area contributed by atoms with Gasteiger partial charge < -0.3 is 15.0 Å². The summed E-state index contributed by atoms with van der Waals surface area (Å²) in [6.07, 6.45) is 2.93. The zero-order valence-electron chi connectivity index (χ0n) is 12.0. The molecular formula is C15H21BrN2O2. The van der Waals surface area contributed by atoms with Crippen LogP contribution in [0.1, 0.15) is 24.8 Å². The van der Waals surface area contributed by atoms with Crippen LogP contribution in [0.4, 0.5) is 0 Å². The molecule has 20 heavy (non-hydrogen) atoms. The second-order valence-corrected chi connectivity index (χ2v) is 6.21. The molecule has 1 fully saturated rings. The first-order valence-electron chi connectivity index (χ1n) is 6.91. The molecule has 110 valence electrons. The van der Waals surface area contributed by atoms with Gasteiger partial charge in [0.25, 0.3) is 0 Å². The largest absolute Gasteiger partial charge is 0.493 e. The minimum absolute atomic E-state index is 0.0831. The van der Waals surface area contributed by atoms with Gasteiger partial charge >= 0.3 is 0 Å². The van der Waals surface area contributed by atoms with Gasteiger partial charge in [-0.1, -0.05) is 15.9 Å². The lowest BCUT2D eigenvalue weighted by Crippen LogP contribution is -2.23.